The minimum atomic E-state index is -0.994. The second-order valence-corrected chi connectivity index (χ2v) is 7.09. The highest BCUT2D eigenvalue weighted by Gasteiger charge is 2.57. The molecule has 0 radical (unpaired) electrons. The van der Waals surface area contributed by atoms with Crippen LogP contribution in [0, 0.1) is 30.9 Å². The van der Waals surface area contributed by atoms with Crippen LogP contribution >= 0.6 is 0 Å². The van der Waals surface area contributed by atoms with Crippen LogP contribution in [0.2, 0.25) is 0 Å². The van der Waals surface area contributed by atoms with Crippen molar-refractivity contribution in [2.24, 2.45) is 17.8 Å². The largest absolute Gasteiger partial charge is 0.509 e. The van der Waals surface area contributed by atoms with E-state index < -0.39 is 5.66 Å². The van der Waals surface area contributed by atoms with Gasteiger partial charge in [0, 0.05) is 11.8 Å². The fourth-order valence-electron chi connectivity index (χ4n) is 4.89. The lowest BCUT2D eigenvalue weighted by Crippen LogP contribution is -2.34. The summed E-state index contributed by atoms with van der Waals surface area (Å²) < 4.78 is 0. The second-order valence-electron chi connectivity index (χ2n) is 7.09. The van der Waals surface area contributed by atoms with Crippen molar-refractivity contribution in [2.45, 2.75) is 37.3 Å². The molecule has 2 nitrogen and oxygen atoms in total. The Kier molecular flexibility index (Phi) is 3.35. The number of hydrogen-bond acceptors (Lipinski definition) is 0. The summed E-state index contributed by atoms with van der Waals surface area (Å²) in [6.45, 7) is 15.4. The van der Waals surface area contributed by atoms with Gasteiger partial charge >= 0.3 is 5.66 Å². The van der Waals surface area contributed by atoms with Crippen LogP contribution in [-0.2, 0) is 0 Å². The highest BCUT2D eigenvalue weighted by Crippen LogP contribution is 2.55. The van der Waals surface area contributed by atoms with Gasteiger partial charge in [-0.05, 0) is 36.7 Å². The summed E-state index contributed by atoms with van der Waals surface area (Å²) in [6.07, 6.45) is 10.9. The Morgan fingerprint density at radius 2 is 1.83 bits per heavy atom. The Bertz CT molecular complexity index is 730. The van der Waals surface area contributed by atoms with Gasteiger partial charge in [-0.3, -0.25) is 0 Å². The van der Waals surface area contributed by atoms with Crippen LogP contribution in [0.1, 0.15) is 37.2 Å². The molecule has 1 saturated carbocycles. The van der Waals surface area contributed by atoms with E-state index in [0.717, 1.165) is 5.57 Å². The van der Waals surface area contributed by atoms with Gasteiger partial charge in [0.1, 0.15) is 12.0 Å². The van der Waals surface area contributed by atoms with Crippen molar-refractivity contribution in [1.82, 2.24) is 0 Å². The van der Waals surface area contributed by atoms with E-state index in [2.05, 4.69) is 58.2 Å². The van der Waals surface area contributed by atoms with Crippen LogP contribution in [0.3, 0.4) is 0 Å². The van der Waals surface area contributed by atoms with Crippen molar-refractivity contribution in [3.8, 4) is 0 Å². The highest BCUT2D eigenvalue weighted by molar-refractivity contribution is 5.43. The molecule has 1 aromatic rings. The smallest absolute Gasteiger partial charge is 0.226 e. The number of nitrogens with zero attached hydrogens (tertiary/aromatic N) is 2. The van der Waals surface area contributed by atoms with Gasteiger partial charge < -0.3 is 0 Å². The number of rotatable bonds is 1. The molecule has 4 rings (SSSR count). The van der Waals surface area contributed by atoms with Crippen molar-refractivity contribution in [1.29, 1.82) is 0 Å². The number of allylic oxidation sites excluding steroid dienone is 2. The molecule has 2 bridgehead atoms. The average molecular weight is 300 g/mol. The van der Waals surface area contributed by atoms with Gasteiger partial charge in [0.15, 0.2) is 0 Å². The summed E-state index contributed by atoms with van der Waals surface area (Å²) in [7, 11) is 0. The molecule has 2 heteroatoms. The third kappa shape index (κ3) is 2.13. The van der Waals surface area contributed by atoms with Crippen LogP contribution in [-0.4, -0.2) is 5.66 Å². The lowest BCUT2D eigenvalue weighted by Gasteiger charge is -2.34. The zero-order valence-electron chi connectivity index (χ0n) is 13.2. The summed E-state index contributed by atoms with van der Waals surface area (Å²) in [5, 5.41) is 0. The molecule has 0 spiro atoms. The third-order valence-electron chi connectivity index (χ3n) is 5.95. The van der Waals surface area contributed by atoms with E-state index in [-0.39, 0.29) is 0 Å². The maximum atomic E-state index is 7.72. The fourth-order valence-corrected chi connectivity index (χ4v) is 4.89. The highest BCUT2D eigenvalue weighted by atomic mass is 15.0. The van der Waals surface area contributed by atoms with Crippen LogP contribution in [0.15, 0.2) is 54.1 Å². The Hall–Kier alpha value is -2.32. The first-order chi connectivity index (χ1) is 11.3. The van der Waals surface area contributed by atoms with E-state index >= 15 is 0 Å². The molecule has 0 aliphatic heterocycles. The molecular formula is C21H20N2. The molecule has 3 aliphatic rings. The van der Waals surface area contributed by atoms with E-state index in [0.29, 0.717) is 30.1 Å². The van der Waals surface area contributed by atoms with E-state index in [9.17, 15) is 0 Å². The monoisotopic (exact) mass is 300 g/mol. The molecule has 3 aliphatic carbocycles. The normalized spacial score (nSPS) is 33.7. The minimum Gasteiger partial charge on any atom is -0.226 e. The first-order valence-corrected chi connectivity index (χ1v) is 8.48. The van der Waals surface area contributed by atoms with Gasteiger partial charge in [-0.25, -0.2) is 22.8 Å². The standard InChI is InChI=1S/C21H20N2/c1-22-21(23-2)12-6-9-18(16-7-4-3-5-8-16)20-17-11-10-15(13-17)14-19(20)21/h3-9,14-15,17-18,20H,10-13H2/t15-,17?,18+,20+/m1/s1. The molecule has 1 aromatic carbocycles. The average Bonchev–Trinajstić information content (AvgIpc) is 2.90. The molecule has 0 heterocycles. The maximum Gasteiger partial charge on any atom is 0.509 e. The van der Waals surface area contributed by atoms with Crippen LogP contribution in [0.5, 0.6) is 0 Å². The van der Waals surface area contributed by atoms with Crippen molar-refractivity contribution >= 4 is 0 Å². The summed E-state index contributed by atoms with van der Waals surface area (Å²) in [6, 6.07) is 10.6. The van der Waals surface area contributed by atoms with E-state index in [1.54, 1.807) is 0 Å². The molecule has 23 heavy (non-hydrogen) atoms. The zero-order chi connectivity index (χ0) is 15.9. The van der Waals surface area contributed by atoms with Gasteiger partial charge in [0.25, 0.3) is 0 Å². The Morgan fingerprint density at radius 1 is 1.04 bits per heavy atom. The Morgan fingerprint density at radius 3 is 2.57 bits per heavy atom. The van der Waals surface area contributed by atoms with Crippen molar-refractivity contribution < 1.29 is 0 Å². The maximum absolute atomic E-state index is 7.72. The Labute approximate surface area is 138 Å². The van der Waals surface area contributed by atoms with Crippen molar-refractivity contribution in [3.63, 3.8) is 0 Å². The van der Waals surface area contributed by atoms with Crippen LogP contribution in [0.25, 0.3) is 9.69 Å². The molecule has 0 N–H and O–H groups in total. The van der Waals surface area contributed by atoms with Crippen molar-refractivity contribution in [3.05, 3.63) is 82.5 Å². The van der Waals surface area contributed by atoms with E-state index in [4.69, 9.17) is 13.1 Å². The Balaban J connectivity index is 1.87. The second kappa shape index (κ2) is 5.39. The van der Waals surface area contributed by atoms with Gasteiger partial charge in [-0.1, -0.05) is 48.6 Å². The summed E-state index contributed by atoms with van der Waals surface area (Å²) in [5.41, 5.74) is 1.45. The van der Waals surface area contributed by atoms with Crippen LogP contribution < -0.4 is 0 Å². The lowest BCUT2D eigenvalue weighted by atomic mass is 9.67. The van der Waals surface area contributed by atoms with E-state index in [1.807, 2.05) is 0 Å². The zero-order valence-corrected chi connectivity index (χ0v) is 13.2. The number of benzene rings is 1. The number of fused-ring (bicyclic) bond motifs is 4. The first-order valence-electron chi connectivity index (χ1n) is 8.48. The third-order valence-corrected chi connectivity index (χ3v) is 5.95. The summed E-state index contributed by atoms with van der Waals surface area (Å²) in [4.78, 5) is 7.69. The van der Waals surface area contributed by atoms with Gasteiger partial charge in [0.05, 0.1) is 0 Å². The molecule has 0 amide bonds. The molecule has 1 unspecified atom stereocenters. The fraction of sp³-hybridized carbons (Fsp3) is 0.429. The lowest BCUT2D eigenvalue weighted by molar-refractivity contribution is 0.320. The minimum absolute atomic E-state index is 0.303. The van der Waals surface area contributed by atoms with Crippen molar-refractivity contribution in [2.75, 3.05) is 0 Å². The summed E-state index contributed by atoms with van der Waals surface area (Å²) >= 11 is 0. The molecule has 114 valence electrons. The van der Waals surface area contributed by atoms with Gasteiger partial charge in [-0.2, -0.15) is 0 Å². The van der Waals surface area contributed by atoms with Crippen LogP contribution in [0.4, 0.5) is 0 Å². The quantitative estimate of drug-likeness (QED) is 0.495. The van der Waals surface area contributed by atoms with E-state index in [1.165, 1.54) is 24.8 Å². The molecule has 4 atom stereocenters. The molecular weight excluding hydrogens is 280 g/mol. The number of hydrogen-bond donors (Lipinski definition) is 0. The topological polar surface area (TPSA) is 8.72 Å². The predicted molar refractivity (Wildman–Crippen MR) is 91.3 cm³/mol. The predicted octanol–water partition coefficient (Wildman–Crippen LogP) is 5.24. The molecule has 0 saturated heterocycles. The molecule has 0 aromatic heterocycles. The first kappa shape index (κ1) is 14.3. The van der Waals surface area contributed by atoms with Gasteiger partial charge in [0.2, 0.25) is 0 Å². The molecule has 1 fully saturated rings. The van der Waals surface area contributed by atoms with Gasteiger partial charge in [-0.15, -0.1) is 0 Å². The SMILES string of the molecule is [C-]#[N+]C1([N+]#[C-])CC=C[C@@H](c2ccccc2)[C@H]2C1=C[C@@H]1CCC2C1. The summed E-state index contributed by atoms with van der Waals surface area (Å²) in [5.74, 6) is 1.83.